The van der Waals surface area contributed by atoms with E-state index in [1.807, 2.05) is 6.07 Å². The van der Waals surface area contributed by atoms with Crippen LogP contribution in [0.1, 0.15) is 76.7 Å². The molecule has 6 rings (SSSR count). The van der Waals surface area contributed by atoms with Crippen LogP contribution in [0.3, 0.4) is 0 Å². The Balaban J connectivity index is 1.18. The summed E-state index contributed by atoms with van der Waals surface area (Å²) in [4.78, 5) is 11.5. The van der Waals surface area contributed by atoms with Gasteiger partial charge in [0.15, 0.2) is 6.29 Å². The summed E-state index contributed by atoms with van der Waals surface area (Å²) in [7, 11) is 0. The van der Waals surface area contributed by atoms with Gasteiger partial charge in [0.25, 0.3) is 0 Å². The first-order chi connectivity index (χ1) is 18.2. The zero-order valence-electron chi connectivity index (χ0n) is 22.4. The smallest absolute Gasteiger partial charge is 0.335 e. The molecule has 0 spiro atoms. The maximum absolute atomic E-state index is 11.5. The number of aliphatic hydroxyl groups excluding tert-OH is 4. The molecule has 12 atom stereocenters. The fourth-order valence-electron chi connectivity index (χ4n) is 9.27. The summed E-state index contributed by atoms with van der Waals surface area (Å²) in [6, 6.07) is 3.52. The Bertz CT molecular complexity index is 1090. The Morgan fingerprint density at radius 3 is 2.53 bits per heavy atom. The van der Waals surface area contributed by atoms with Crippen LogP contribution in [0.5, 0.6) is 0 Å². The summed E-state index contributed by atoms with van der Waals surface area (Å²) < 4.78 is 17.0. The molecule has 1 saturated heterocycles. The lowest BCUT2D eigenvalue weighted by Gasteiger charge is -2.58. The van der Waals surface area contributed by atoms with E-state index in [-0.39, 0.29) is 22.6 Å². The molecule has 2 heterocycles. The first kappa shape index (κ1) is 26.7. The van der Waals surface area contributed by atoms with Crippen molar-refractivity contribution in [1.82, 2.24) is 0 Å². The topological polar surface area (TPSA) is 130 Å². The normalized spacial score (nSPS) is 48.5. The van der Waals surface area contributed by atoms with E-state index in [2.05, 4.69) is 19.9 Å². The van der Waals surface area contributed by atoms with Crippen molar-refractivity contribution in [1.29, 1.82) is 0 Å². The molecular weight excluding hydrogens is 488 g/mol. The van der Waals surface area contributed by atoms with Crippen LogP contribution in [-0.2, 0) is 9.47 Å². The van der Waals surface area contributed by atoms with E-state index in [1.54, 1.807) is 12.3 Å². The van der Waals surface area contributed by atoms with Gasteiger partial charge in [0.2, 0.25) is 0 Å². The van der Waals surface area contributed by atoms with E-state index in [4.69, 9.17) is 13.9 Å². The fourth-order valence-corrected chi connectivity index (χ4v) is 9.27. The van der Waals surface area contributed by atoms with Crippen molar-refractivity contribution in [2.75, 3.05) is 6.61 Å². The van der Waals surface area contributed by atoms with E-state index in [0.717, 1.165) is 32.1 Å². The summed E-state index contributed by atoms with van der Waals surface area (Å²) in [6.07, 6.45) is 6.14. The number of fused-ring (bicyclic) bond motifs is 5. The van der Waals surface area contributed by atoms with Gasteiger partial charge in [0.05, 0.1) is 19.0 Å². The maximum Gasteiger partial charge on any atom is 0.335 e. The molecular formula is C30H42O8. The highest BCUT2D eigenvalue weighted by atomic mass is 16.7. The van der Waals surface area contributed by atoms with Gasteiger partial charge in [-0.2, -0.15) is 0 Å². The largest absolute Gasteiger partial charge is 0.431 e. The average molecular weight is 531 g/mol. The molecule has 8 heteroatoms. The SMILES string of the molecule is C[C@]12CC[C@H]3[C@@H](CCC4=C[C@@H](O[C@H]5O[C@@H](CO)[C@@H](O)[C@@H](O)[C@H]5O)CC[C@@]43C)[C@@H]1CC[C@@H]2c1ccc(=O)oc1. The van der Waals surface area contributed by atoms with Gasteiger partial charge in [0.1, 0.15) is 24.4 Å². The van der Waals surface area contributed by atoms with Gasteiger partial charge in [-0.3, -0.25) is 0 Å². The Morgan fingerprint density at radius 2 is 1.79 bits per heavy atom. The first-order valence-electron chi connectivity index (χ1n) is 14.4. The third kappa shape index (κ3) is 4.14. The Morgan fingerprint density at radius 1 is 0.974 bits per heavy atom. The lowest BCUT2D eigenvalue weighted by molar-refractivity contribution is -0.308. The highest BCUT2D eigenvalue weighted by Gasteiger charge is 2.59. The second kappa shape index (κ2) is 9.82. The van der Waals surface area contributed by atoms with Gasteiger partial charge < -0.3 is 34.3 Å². The first-order valence-corrected chi connectivity index (χ1v) is 14.4. The average Bonchev–Trinajstić information content (AvgIpc) is 3.27. The van der Waals surface area contributed by atoms with Crippen LogP contribution in [0.15, 0.2) is 39.3 Å². The molecule has 0 aromatic carbocycles. The van der Waals surface area contributed by atoms with Gasteiger partial charge >= 0.3 is 5.63 Å². The zero-order valence-corrected chi connectivity index (χ0v) is 22.4. The standard InChI is InChI=1S/C30H42O8/c1-29-11-9-18(37-28-27(35)26(34)25(33)23(14-31)38-28)13-17(29)4-5-19-21-7-6-20(16-3-8-24(32)36-15-16)30(21,2)12-10-22(19)29/h3,8,13,15,18-23,25-28,31,33-35H,4-7,9-12,14H2,1-2H3/t18-,19-,20+,21-,22-,23-,25+,26+,27+,28-,29-,30+/m0/s1. The molecule has 4 aliphatic carbocycles. The minimum absolute atomic E-state index is 0.122. The highest BCUT2D eigenvalue weighted by molar-refractivity contribution is 5.28. The summed E-state index contributed by atoms with van der Waals surface area (Å²) in [6.45, 7) is 4.44. The Kier molecular flexibility index (Phi) is 6.89. The second-order valence-corrected chi connectivity index (χ2v) is 13.0. The van der Waals surface area contributed by atoms with E-state index in [0.29, 0.717) is 23.7 Å². The number of allylic oxidation sites excluding steroid dienone is 1. The molecule has 1 aromatic heterocycles. The quantitative estimate of drug-likeness (QED) is 0.438. The maximum atomic E-state index is 11.5. The molecule has 4 N–H and O–H groups in total. The molecule has 0 amide bonds. The molecule has 210 valence electrons. The summed E-state index contributed by atoms with van der Waals surface area (Å²) in [5.41, 5.74) is 2.66. The van der Waals surface area contributed by atoms with Crippen LogP contribution in [0, 0.1) is 28.6 Å². The van der Waals surface area contributed by atoms with Gasteiger partial charge in [0, 0.05) is 6.07 Å². The molecule has 0 bridgehead atoms. The summed E-state index contributed by atoms with van der Waals surface area (Å²) in [5, 5.41) is 40.2. The molecule has 3 saturated carbocycles. The zero-order chi connectivity index (χ0) is 26.8. The minimum atomic E-state index is -1.43. The van der Waals surface area contributed by atoms with Crippen molar-refractivity contribution in [2.45, 2.75) is 108 Å². The molecule has 5 aliphatic rings. The molecule has 1 aromatic rings. The van der Waals surface area contributed by atoms with Crippen molar-refractivity contribution in [2.24, 2.45) is 28.6 Å². The number of hydrogen-bond donors (Lipinski definition) is 4. The summed E-state index contributed by atoms with van der Waals surface area (Å²) in [5.74, 6) is 2.41. The predicted octanol–water partition coefficient (Wildman–Crippen LogP) is 2.87. The van der Waals surface area contributed by atoms with Crippen molar-refractivity contribution in [3.8, 4) is 0 Å². The van der Waals surface area contributed by atoms with Gasteiger partial charge in [-0.05, 0) is 97.5 Å². The number of hydrogen-bond acceptors (Lipinski definition) is 8. The van der Waals surface area contributed by atoms with Crippen molar-refractivity contribution >= 4 is 0 Å². The van der Waals surface area contributed by atoms with Crippen LogP contribution >= 0.6 is 0 Å². The molecule has 0 radical (unpaired) electrons. The summed E-state index contributed by atoms with van der Waals surface area (Å²) >= 11 is 0. The fraction of sp³-hybridized carbons (Fsp3) is 0.767. The molecule has 0 unspecified atom stereocenters. The van der Waals surface area contributed by atoms with Gasteiger partial charge in [-0.25, -0.2) is 4.79 Å². The lowest BCUT2D eigenvalue weighted by Crippen LogP contribution is -2.59. The number of ether oxygens (including phenoxy) is 2. The number of rotatable bonds is 4. The van der Waals surface area contributed by atoms with Crippen LogP contribution in [0.2, 0.25) is 0 Å². The monoisotopic (exact) mass is 530 g/mol. The third-order valence-electron chi connectivity index (χ3n) is 11.4. The molecule has 8 nitrogen and oxygen atoms in total. The van der Waals surface area contributed by atoms with Gasteiger partial charge in [-0.15, -0.1) is 0 Å². The molecule has 1 aliphatic heterocycles. The highest BCUT2D eigenvalue weighted by Crippen LogP contribution is 2.68. The van der Waals surface area contributed by atoms with E-state index >= 15 is 0 Å². The third-order valence-corrected chi connectivity index (χ3v) is 11.4. The predicted molar refractivity (Wildman–Crippen MR) is 138 cm³/mol. The Labute approximate surface area is 223 Å². The molecule has 4 fully saturated rings. The second-order valence-electron chi connectivity index (χ2n) is 13.0. The molecule has 38 heavy (non-hydrogen) atoms. The van der Waals surface area contributed by atoms with E-state index in [1.165, 1.54) is 30.4 Å². The van der Waals surface area contributed by atoms with Crippen molar-refractivity contribution in [3.05, 3.63) is 46.0 Å². The van der Waals surface area contributed by atoms with Crippen molar-refractivity contribution in [3.63, 3.8) is 0 Å². The van der Waals surface area contributed by atoms with Crippen LogP contribution in [-0.4, -0.2) is 63.8 Å². The van der Waals surface area contributed by atoms with Crippen molar-refractivity contribution < 1.29 is 34.3 Å². The van der Waals surface area contributed by atoms with Crippen LogP contribution in [0.4, 0.5) is 0 Å². The van der Waals surface area contributed by atoms with Crippen LogP contribution in [0.25, 0.3) is 0 Å². The Hall–Kier alpha value is -1.55. The minimum Gasteiger partial charge on any atom is -0.431 e. The van der Waals surface area contributed by atoms with Crippen LogP contribution < -0.4 is 5.63 Å². The lowest BCUT2D eigenvalue weighted by atomic mass is 9.46. The van der Waals surface area contributed by atoms with E-state index < -0.39 is 37.3 Å². The van der Waals surface area contributed by atoms with Gasteiger partial charge in [-0.1, -0.05) is 25.5 Å². The van der Waals surface area contributed by atoms with E-state index in [9.17, 15) is 25.2 Å². The number of aliphatic hydroxyl groups is 4.